The monoisotopic (exact) mass is 285 g/mol. The smallest absolute Gasteiger partial charge is 0.326 e. The zero-order valence-electron chi connectivity index (χ0n) is 13.5. The van der Waals surface area contributed by atoms with Crippen molar-refractivity contribution in [2.24, 2.45) is 5.92 Å². The van der Waals surface area contributed by atoms with Crippen LogP contribution < -0.4 is 5.32 Å². The van der Waals surface area contributed by atoms with Crippen LogP contribution in [0.3, 0.4) is 0 Å². The fourth-order valence-corrected chi connectivity index (χ4v) is 2.89. The first kappa shape index (κ1) is 17.4. The van der Waals surface area contributed by atoms with Gasteiger partial charge in [0.1, 0.15) is 5.54 Å². The summed E-state index contributed by atoms with van der Waals surface area (Å²) in [6.45, 7) is 7.54. The van der Waals surface area contributed by atoms with Crippen LogP contribution in [0, 0.1) is 5.92 Å². The molecule has 0 spiro atoms. The third-order valence-corrected chi connectivity index (χ3v) is 4.13. The molecule has 1 aliphatic carbocycles. The summed E-state index contributed by atoms with van der Waals surface area (Å²) in [7, 11) is 1.85. The maximum atomic E-state index is 12.2. The van der Waals surface area contributed by atoms with Crippen molar-refractivity contribution >= 4 is 5.97 Å². The zero-order valence-corrected chi connectivity index (χ0v) is 13.5. The van der Waals surface area contributed by atoms with Crippen LogP contribution in [-0.4, -0.2) is 37.9 Å². The highest BCUT2D eigenvalue weighted by atomic mass is 16.5. The highest BCUT2D eigenvalue weighted by molar-refractivity contribution is 5.81. The molecule has 2 atom stereocenters. The number of nitrogens with one attached hydrogen (secondary N) is 1. The van der Waals surface area contributed by atoms with E-state index in [1.54, 1.807) is 0 Å². The van der Waals surface area contributed by atoms with E-state index in [9.17, 15) is 4.79 Å². The van der Waals surface area contributed by atoms with Gasteiger partial charge in [-0.05, 0) is 52.0 Å². The fourth-order valence-electron chi connectivity index (χ4n) is 2.89. The SMILES string of the molecule is CCOC(=O)C1(NC)CCCC(OCCCC(C)C)C1. The number of esters is 1. The van der Waals surface area contributed by atoms with E-state index in [4.69, 9.17) is 9.47 Å². The van der Waals surface area contributed by atoms with Crippen LogP contribution in [0.2, 0.25) is 0 Å². The third kappa shape index (κ3) is 5.06. The fraction of sp³-hybridized carbons (Fsp3) is 0.938. The van der Waals surface area contributed by atoms with Gasteiger partial charge < -0.3 is 14.8 Å². The van der Waals surface area contributed by atoms with E-state index in [1.165, 1.54) is 6.42 Å². The van der Waals surface area contributed by atoms with Gasteiger partial charge in [0.15, 0.2) is 0 Å². The average Bonchev–Trinajstić information content (AvgIpc) is 2.44. The first-order chi connectivity index (χ1) is 9.54. The van der Waals surface area contributed by atoms with Crippen molar-refractivity contribution in [2.45, 2.75) is 70.9 Å². The van der Waals surface area contributed by atoms with Crippen LogP contribution in [0.15, 0.2) is 0 Å². The molecular weight excluding hydrogens is 254 g/mol. The lowest BCUT2D eigenvalue weighted by Crippen LogP contribution is -2.55. The van der Waals surface area contributed by atoms with Crippen LogP contribution in [-0.2, 0) is 14.3 Å². The summed E-state index contributed by atoms with van der Waals surface area (Å²) >= 11 is 0. The van der Waals surface area contributed by atoms with Crippen LogP contribution in [0.4, 0.5) is 0 Å². The van der Waals surface area contributed by atoms with E-state index < -0.39 is 5.54 Å². The second-order valence-electron chi connectivity index (χ2n) is 6.18. The number of carbonyl (C=O) groups excluding carboxylic acids is 1. The Morgan fingerprint density at radius 3 is 2.80 bits per heavy atom. The van der Waals surface area contributed by atoms with Gasteiger partial charge >= 0.3 is 5.97 Å². The normalized spacial score (nSPS) is 26.8. The molecule has 20 heavy (non-hydrogen) atoms. The number of ether oxygens (including phenoxy) is 2. The summed E-state index contributed by atoms with van der Waals surface area (Å²) in [5.74, 6) is 0.596. The van der Waals surface area contributed by atoms with E-state index in [2.05, 4.69) is 19.2 Å². The van der Waals surface area contributed by atoms with E-state index in [-0.39, 0.29) is 12.1 Å². The Kier molecular flexibility index (Phi) is 7.52. The highest BCUT2D eigenvalue weighted by Gasteiger charge is 2.43. The Morgan fingerprint density at radius 2 is 2.20 bits per heavy atom. The summed E-state index contributed by atoms with van der Waals surface area (Å²) in [4.78, 5) is 12.2. The van der Waals surface area contributed by atoms with Gasteiger partial charge in [-0.15, -0.1) is 0 Å². The van der Waals surface area contributed by atoms with E-state index in [0.717, 1.165) is 44.6 Å². The highest BCUT2D eigenvalue weighted by Crippen LogP contribution is 2.31. The van der Waals surface area contributed by atoms with Crippen molar-refractivity contribution in [3.63, 3.8) is 0 Å². The van der Waals surface area contributed by atoms with Gasteiger partial charge in [-0.3, -0.25) is 4.79 Å². The van der Waals surface area contributed by atoms with Gasteiger partial charge in [-0.2, -0.15) is 0 Å². The number of rotatable bonds is 8. The maximum Gasteiger partial charge on any atom is 0.326 e. The largest absolute Gasteiger partial charge is 0.465 e. The van der Waals surface area contributed by atoms with Crippen molar-refractivity contribution in [3.8, 4) is 0 Å². The van der Waals surface area contributed by atoms with Crippen LogP contribution in [0.1, 0.15) is 59.3 Å². The van der Waals surface area contributed by atoms with Crippen molar-refractivity contribution in [3.05, 3.63) is 0 Å². The Labute approximate surface area is 123 Å². The van der Waals surface area contributed by atoms with Crippen LogP contribution in [0.25, 0.3) is 0 Å². The molecule has 2 unspecified atom stereocenters. The van der Waals surface area contributed by atoms with Crippen LogP contribution in [0.5, 0.6) is 0 Å². The summed E-state index contributed by atoms with van der Waals surface area (Å²) in [6, 6.07) is 0. The maximum absolute atomic E-state index is 12.2. The van der Waals surface area contributed by atoms with E-state index >= 15 is 0 Å². The quantitative estimate of drug-likeness (QED) is 0.550. The molecule has 4 nitrogen and oxygen atoms in total. The minimum absolute atomic E-state index is 0.127. The molecule has 0 aromatic rings. The van der Waals surface area contributed by atoms with Crippen LogP contribution >= 0.6 is 0 Å². The Balaban J connectivity index is 2.45. The predicted molar refractivity (Wildman–Crippen MR) is 80.7 cm³/mol. The molecule has 0 bridgehead atoms. The van der Waals surface area contributed by atoms with Gasteiger partial charge in [0.2, 0.25) is 0 Å². The molecule has 0 radical (unpaired) electrons. The van der Waals surface area contributed by atoms with Crippen molar-refractivity contribution in [1.82, 2.24) is 5.32 Å². The molecule has 0 aliphatic heterocycles. The van der Waals surface area contributed by atoms with Crippen molar-refractivity contribution in [2.75, 3.05) is 20.3 Å². The molecule has 1 fully saturated rings. The molecule has 1 saturated carbocycles. The minimum Gasteiger partial charge on any atom is -0.465 e. The van der Waals surface area contributed by atoms with Crippen molar-refractivity contribution < 1.29 is 14.3 Å². The second kappa shape index (κ2) is 8.63. The molecule has 0 heterocycles. The first-order valence-corrected chi connectivity index (χ1v) is 8.01. The summed E-state index contributed by atoms with van der Waals surface area (Å²) < 4.78 is 11.2. The lowest BCUT2D eigenvalue weighted by molar-refractivity contribution is -0.155. The summed E-state index contributed by atoms with van der Waals surface area (Å²) in [5, 5.41) is 3.19. The van der Waals surface area contributed by atoms with Gasteiger partial charge in [0.25, 0.3) is 0 Å². The Bertz CT molecular complexity index is 293. The van der Waals surface area contributed by atoms with Gasteiger partial charge in [-0.1, -0.05) is 13.8 Å². The molecular formula is C16H31NO3. The second-order valence-corrected chi connectivity index (χ2v) is 6.18. The lowest BCUT2D eigenvalue weighted by Gasteiger charge is -2.38. The predicted octanol–water partition coefficient (Wildman–Crippen LogP) is 2.90. The standard InChI is InChI=1S/C16H31NO3/c1-5-19-15(18)16(17-4)10-6-9-14(12-16)20-11-7-8-13(2)3/h13-14,17H,5-12H2,1-4H3. The molecule has 1 rings (SSSR count). The van der Waals surface area contributed by atoms with E-state index in [0.29, 0.717) is 6.61 Å². The summed E-state index contributed by atoms with van der Waals surface area (Å²) in [5.41, 5.74) is -0.545. The van der Waals surface area contributed by atoms with Gasteiger partial charge in [0, 0.05) is 13.0 Å². The van der Waals surface area contributed by atoms with E-state index in [1.807, 2.05) is 14.0 Å². The number of carbonyl (C=O) groups is 1. The lowest BCUT2D eigenvalue weighted by atomic mass is 9.80. The van der Waals surface area contributed by atoms with Gasteiger partial charge in [0.05, 0.1) is 12.7 Å². The molecule has 0 aromatic heterocycles. The molecule has 1 aliphatic rings. The van der Waals surface area contributed by atoms with Crippen molar-refractivity contribution in [1.29, 1.82) is 0 Å². The Morgan fingerprint density at radius 1 is 1.45 bits per heavy atom. The summed E-state index contributed by atoms with van der Waals surface area (Å²) in [6.07, 6.45) is 6.09. The molecule has 118 valence electrons. The first-order valence-electron chi connectivity index (χ1n) is 8.01. The number of likely N-dealkylation sites (N-methyl/N-ethyl adjacent to an activating group) is 1. The van der Waals surface area contributed by atoms with Gasteiger partial charge in [-0.25, -0.2) is 0 Å². The molecule has 0 amide bonds. The minimum atomic E-state index is -0.545. The number of hydrogen-bond acceptors (Lipinski definition) is 4. The third-order valence-electron chi connectivity index (χ3n) is 4.13. The zero-order chi connectivity index (χ0) is 15.0. The Hall–Kier alpha value is -0.610. The average molecular weight is 285 g/mol. The molecule has 0 aromatic carbocycles. The topological polar surface area (TPSA) is 47.6 Å². The molecule has 1 N–H and O–H groups in total. The molecule has 4 heteroatoms. The molecule has 0 saturated heterocycles. The number of hydrogen-bond donors (Lipinski definition) is 1.